The average Bonchev–Trinajstić information content (AvgIpc) is 2.46. The van der Waals surface area contributed by atoms with Gasteiger partial charge in [-0.15, -0.1) is 0 Å². The molecule has 0 radical (unpaired) electrons. The maximum atomic E-state index is 3.54. The fraction of sp³-hybridized carbons (Fsp3) is 0.250. The number of rotatable bonds is 5. The van der Waals surface area contributed by atoms with Gasteiger partial charge in [-0.1, -0.05) is 42.5 Å². The molecule has 2 N–H and O–H groups in total. The van der Waals surface area contributed by atoms with Crippen LogP contribution in [0.25, 0.3) is 0 Å². The van der Waals surface area contributed by atoms with Gasteiger partial charge in [-0.05, 0) is 30.2 Å². The molecular formula is C16H20N2. The standard InChI is InChI=1S/C16H20N2/c1-13(15-8-4-3-5-9-15)18-12-14-7-6-10-16(11-14)17-2/h3-11,13,17-18H,12H2,1-2H3. The normalized spacial score (nSPS) is 12.1. The van der Waals surface area contributed by atoms with Crippen LogP contribution < -0.4 is 10.6 Å². The largest absolute Gasteiger partial charge is 0.388 e. The van der Waals surface area contributed by atoms with Gasteiger partial charge in [0.15, 0.2) is 0 Å². The molecule has 0 aliphatic carbocycles. The number of anilines is 1. The Labute approximate surface area is 109 Å². The van der Waals surface area contributed by atoms with Crippen molar-refractivity contribution >= 4 is 5.69 Å². The third-order valence-electron chi connectivity index (χ3n) is 3.13. The van der Waals surface area contributed by atoms with Gasteiger partial charge in [0, 0.05) is 25.3 Å². The van der Waals surface area contributed by atoms with E-state index in [0.717, 1.165) is 12.2 Å². The van der Waals surface area contributed by atoms with Gasteiger partial charge in [-0.3, -0.25) is 0 Å². The molecule has 0 aromatic heterocycles. The van der Waals surface area contributed by atoms with Gasteiger partial charge < -0.3 is 10.6 Å². The number of nitrogens with one attached hydrogen (secondary N) is 2. The molecule has 0 saturated carbocycles. The summed E-state index contributed by atoms with van der Waals surface area (Å²) >= 11 is 0. The van der Waals surface area contributed by atoms with E-state index in [1.165, 1.54) is 11.1 Å². The van der Waals surface area contributed by atoms with Gasteiger partial charge in [0.2, 0.25) is 0 Å². The maximum absolute atomic E-state index is 3.54. The summed E-state index contributed by atoms with van der Waals surface area (Å²) in [7, 11) is 1.94. The highest BCUT2D eigenvalue weighted by atomic mass is 14.9. The van der Waals surface area contributed by atoms with E-state index < -0.39 is 0 Å². The molecule has 2 rings (SSSR count). The molecule has 1 unspecified atom stereocenters. The molecule has 0 aliphatic heterocycles. The van der Waals surface area contributed by atoms with E-state index in [1.54, 1.807) is 0 Å². The van der Waals surface area contributed by atoms with Gasteiger partial charge in [-0.25, -0.2) is 0 Å². The second-order valence-corrected chi connectivity index (χ2v) is 4.46. The summed E-state index contributed by atoms with van der Waals surface area (Å²) in [5.74, 6) is 0. The van der Waals surface area contributed by atoms with Gasteiger partial charge in [0.1, 0.15) is 0 Å². The molecule has 2 aromatic carbocycles. The summed E-state index contributed by atoms with van der Waals surface area (Å²) in [5, 5.41) is 6.70. The first-order valence-electron chi connectivity index (χ1n) is 6.34. The van der Waals surface area contributed by atoms with Gasteiger partial charge in [0.05, 0.1) is 0 Å². The predicted molar refractivity (Wildman–Crippen MR) is 77.7 cm³/mol. The first-order chi connectivity index (χ1) is 8.79. The minimum Gasteiger partial charge on any atom is -0.388 e. The summed E-state index contributed by atoms with van der Waals surface area (Å²) in [6, 6.07) is 19.3. The molecule has 0 amide bonds. The van der Waals surface area contributed by atoms with E-state index in [0.29, 0.717) is 6.04 Å². The highest BCUT2D eigenvalue weighted by molar-refractivity contribution is 5.44. The van der Waals surface area contributed by atoms with Gasteiger partial charge in [-0.2, -0.15) is 0 Å². The smallest absolute Gasteiger partial charge is 0.0340 e. The Hall–Kier alpha value is -1.80. The van der Waals surface area contributed by atoms with Crippen molar-refractivity contribution < 1.29 is 0 Å². The van der Waals surface area contributed by atoms with E-state index in [2.05, 4.69) is 66.1 Å². The summed E-state index contributed by atoms with van der Waals surface area (Å²) in [4.78, 5) is 0. The van der Waals surface area contributed by atoms with Crippen LogP contribution in [-0.4, -0.2) is 7.05 Å². The zero-order valence-electron chi connectivity index (χ0n) is 11.0. The summed E-state index contributed by atoms with van der Waals surface area (Å²) in [6.45, 7) is 3.07. The van der Waals surface area contributed by atoms with E-state index in [-0.39, 0.29) is 0 Å². The molecule has 0 aliphatic rings. The second kappa shape index (κ2) is 6.22. The van der Waals surface area contributed by atoms with Crippen molar-refractivity contribution in [1.82, 2.24) is 5.32 Å². The van der Waals surface area contributed by atoms with Crippen LogP contribution in [0.4, 0.5) is 5.69 Å². The molecule has 0 saturated heterocycles. The maximum Gasteiger partial charge on any atom is 0.0340 e. The van der Waals surface area contributed by atoms with E-state index in [1.807, 2.05) is 13.1 Å². The Bertz CT molecular complexity index is 479. The fourth-order valence-corrected chi connectivity index (χ4v) is 1.97. The predicted octanol–water partition coefficient (Wildman–Crippen LogP) is 3.58. The Morgan fingerprint density at radius 1 is 1.00 bits per heavy atom. The topological polar surface area (TPSA) is 24.1 Å². The summed E-state index contributed by atoms with van der Waals surface area (Å²) in [6.07, 6.45) is 0. The Kier molecular flexibility index (Phi) is 4.37. The highest BCUT2D eigenvalue weighted by Crippen LogP contribution is 2.14. The molecule has 0 spiro atoms. The summed E-state index contributed by atoms with van der Waals surface area (Å²) in [5.41, 5.74) is 3.77. The molecule has 0 heterocycles. The highest BCUT2D eigenvalue weighted by Gasteiger charge is 2.03. The first kappa shape index (κ1) is 12.7. The number of hydrogen-bond acceptors (Lipinski definition) is 2. The third-order valence-corrected chi connectivity index (χ3v) is 3.13. The van der Waals surface area contributed by atoms with Crippen LogP contribution in [0.3, 0.4) is 0 Å². The van der Waals surface area contributed by atoms with E-state index in [9.17, 15) is 0 Å². The van der Waals surface area contributed by atoms with Crippen molar-refractivity contribution in [3.63, 3.8) is 0 Å². The van der Waals surface area contributed by atoms with Crippen molar-refractivity contribution in [2.24, 2.45) is 0 Å². The van der Waals surface area contributed by atoms with Crippen molar-refractivity contribution in [2.45, 2.75) is 19.5 Å². The molecule has 0 fully saturated rings. The number of benzene rings is 2. The molecular weight excluding hydrogens is 220 g/mol. The molecule has 2 aromatic rings. The monoisotopic (exact) mass is 240 g/mol. The molecule has 2 nitrogen and oxygen atoms in total. The van der Waals surface area contributed by atoms with Crippen LogP contribution in [0, 0.1) is 0 Å². The van der Waals surface area contributed by atoms with Crippen molar-refractivity contribution in [1.29, 1.82) is 0 Å². The number of hydrogen-bond donors (Lipinski definition) is 2. The van der Waals surface area contributed by atoms with E-state index in [4.69, 9.17) is 0 Å². The van der Waals surface area contributed by atoms with Crippen LogP contribution in [-0.2, 0) is 6.54 Å². The van der Waals surface area contributed by atoms with Crippen molar-refractivity contribution in [3.05, 3.63) is 65.7 Å². The van der Waals surface area contributed by atoms with Crippen molar-refractivity contribution in [3.8, 4) is 0 Å². The lowest BCUT2D eigenvalue weighted by Gasteiger charge is -2.14. The molecule has 18 heavy (non-hydrogen) atoms. The molecule has 94 valence electrons. The third kappa shape index (κ3) is 3.34. The van der Waals surface area contributed by atoms with Crippen LogP contribution in [0.5, 0.6) is 0 Å². The van der Waals surface area contributed by atoms with Gasteiger partial charge in [0.25, 0.3) is 0 Å². The molecule has 0 bridgehead atoms. The van der Waals surface area contributed by atoms with Crippen molar-refractivity contribution in [2.75, 3.05) is 12.4 Å². The second-order valence-electron chi connectivity index (χ2n) is 4.46. The lowest BCUT2D eigenvalue weighted by atomic mass is 10.1. The van der Waals surface area contributed by atoms with Crippen LogP contribution >= 0.6 is 0 Å². The minimum absolute atomic E-state index is 0.365. The zero-order valence-corrected chi connectivity index (χ0v) is 11.0. The Balaban J connectivity index is 1.95. The zero-order chi connectivity index (χ0) is 12.8. The summed E-state index contributed by atoms with van der Waals surface area (Å²) < 4.78 is 0. The first-order valence-corrected chi connectivity index (χ1v) is 6.34. The quantitative estimate of drug-likeness (QED) is 0.834. The van der Waals surface area contributed by atoms with Crippen LogP contribution in [0.2, 0.25) is 0 Å². The Morgan fingerprint density at radius 2 is 1.78 bits per heavy atom. The average molecular weight is 240 g/mol. The SMILES string of the molecule is CNc1cccc(CNC(C)c2ccccc2)c1. The molecule has 2 heteroatoms. The minimum atomic E-state index is 0.365. The van der Waals surface area contributed by atoms with Gasteiger partial charge >= 0.3 is 0 Å². The molecule has 1 atom stereocenters. The van der Waals surface area contributed by atoms with E-state index >= 15 is 0 Å². The lowest BCUT2D eigenvalue weighted by Crippen LogP contribution is -2.18. The van der Waals surface area contributed by atoms with Crippen LogP contribution in [0.15, 0.2) is 54.6 Å². The van der Waals surface area contributed by atoms with Crippen LogP contribution in [0.1, 0.15) is 24.1 Å². The lowest BCUT2D eigenvalue weighted by molar-refractivity contribution is 0.575. The fourth-order valence-electron chi connectivity index (χ4n) is 1.97. The Morgan fingerprint density at radius 3 is 2.50 bits per heavy atom.